The zero-order chi connectivity index (χ0) is 25.9. The molecule has 184 valence electrons. The first kappa shape index (κ1) is 25.0. The Labute approximate surface area is 211 Å². The fourth-order valence-electron chi connectivity index (χ4n) is 3.68. The highest BCUT2D eigenvalue weighted by atomic mass is 16.5. The average Bonchev–Trinajstić information content (AvgIpc) is 2.84. The summed E-state index contributed by atoms with van der Waals surface area (Å²) in [5.74, 6) is 0.835. The predicted molar refractivity (Wildman–Crippen MR) is 143 cm³/mol. The number of rotatable bonds is 6. The molecule has 0 aliphatic carbocycles. The molecule has 0 saturated heterocycles. The van der Waals surface area contributed by atoms with Crippen molar-refractivity contribution >= 4 is 23.0 Å². The van der Waals surface area contributed by atoms with Crippen LogP contribution in [-0.4, -0.2) is 5.97 Å². The normalized spacial score (nSPS) is 11.8. The predicted octanol–water partition coefficient (Wildman–Crippen LogP) is 7.63. The maximum Gasteiger partial charge on any atom is 0.336 e. The smallest absolute Gasteiger partial charge is 0.336 e. The number of hydrogen-bond donors (Lipinski definition) is 0. The van der Waals surface area contributed by atoms with Crippen molar-refractivity contribution in [2.24, 2.45) is 0 Å². The van der Waals surface area contributed by atoms with Crippen LogP contribution in [0.1, 0.15) is 57.2 Å². The lowest BCUT2D eigenvalue weighted by molar-refractivity contribution is -0.128. The number of carbonyl (C=O) groups is 1. The minimum Gasteiger partial charge on any atom is -0.460 e. The van der Waals surface area contributed by atoms with E-state index in [-0.39, 0.29) is 22.3 Å². The second kappa shape index (κ2) is 10.2. The Kier molecular flexibility index (Phi) is 7.11. The van der Waals surface area contributed by atoms with E-state index in [1.54, 1.807) is 18.2 Å². The van der Waals surface area contributed by atoms with Crippen LogP contribution in [0.2, 0.25) is 0 Å². The molecule has 0 N–H and O–H groups in total. The third kappa shape index (κ3) is 5.92. The van der Waals surface area contributed by atoms with Gasteiger partial charge < -0.3 is 13.9 Å². The molecule has 3 aromatic carbocycles. The molecule has 1 heterocycles. The van der Waals surface area contributed by atoms with Crippen molar-refractivity contribution in [2.75, 3.05) is 0 Å². The third-order valence-electron chi connectivity index (χ3n) is 5.90. The number of esters is 1. The van der Waals surface area contributed by atoms with Crippen molar-refractivity contribution in [3.63, 3.8) is 0 Å². The Morgan fingerprint density at radius 1 is 0.917 bits per heavy atom. The molecule has 0 radical (unpaired) electrons. The zero-order valence-corrected chi connectivity index (χ0v) is 21.2. The fourth-order valence-corrected chi connectivity index (χ4v) is 3.68. The molecule has 0 saturated carbocycles. The SMILES string of the molecule is CC(C)c1ccc(C=CC(=O)Oc2ccc3c(=O)c(Oc4ccc(C(C)(C)C)cc4)coc3c2)cc1. The van der Waals surface area contributed by atoms with Gasteiger partial charge in [-0.1, -0.05) is 71.0 Å². The van der Waals surface area contributed by atoms with E-state index >= 15 is 0 Å². The molecule has 0 atom stereocenters. The molecular weight excluding hydrogens is 452 g/mol. The van der Waals surface area contributed by atoms with Crippen LogP contribution in [-0.2, 0) is 10.2 Å². The van der Waals surface area contributed by atoms with Gasteiger partial charge in [0.1, 0.15) is 23.3 Å². The van der Waals surface area contributed by atoms with E-state index in [1.165, 1.54) is 29.5 Å². The average molecular weight is 483 g/mol. The molecule has 0 fully saturated rings. The van der Waals surface area contributed by atoms with Gasteiger partial charge in [0.25, 0.3) is 0 Å². The summed E-state index contributed by atoms with van der Waals surface area (Å²) in [5, 5.41) is 0.333. The van der Waals surface area contributed by atoms with Gasteiger partial charge in [-0.2, -0.15) is 0 Å². The van der Waals surface area contributed by atoms with Crippen LogP contribution in [0.4, 0.5) is 0 Å². The van der Waals surface area contributed by atoms with E-state index in [1.807, 2.05) is 48.5 Å². The van der Waals surface area contributed by atoms with Gasteiger partial charge >= 0.3 is 5.97 Å². The van der Waals surface area contributed by atoms with Crippen LogP contribution in [0.25, 0.3) is 17.0 Å². The van der Waals surface area contributed by atoms with Gasteiger partial charge in [-0.25, -0.2) is 4.79 Å². The Morgan fingerprint density at radius 2 is 1.58 bits per heavy atom. The second-order valence-electron chi connectivity index (χ2n) is 10.0. The Hall–Kier alpha value is -4.12. The van der Waals surface area contributed by atoms with E-state index in [2.05, 4.69) is 34.6 Å². The summed E-state index contributed by atoms with van der Waals surface area (Å²) >= 11 is 0. The third-order valence-corrected chi connectivity index (χ3v) is 5.90. The molecule has 36 heavy (non-hydrogen) atoms. The van der Waals surface area contributed by atoms with Crippen LogP contribution in [0.3, 0.4) is 0 Å². The summed E-state index contributed by atoms with van der Waals surface area (Å²) in [4.78, 5) is 25.2. The molecular formula is C31H30O5. The molecule has 0 bridgehead atoms. The highest BCUT2D eigenvalue weighted by Gasteiger charge is 2.15. The highest BCUT2D eigenvalue weighted by Crippen LogP contribution is 2.27. The molecule has 4 rings (SSSR count). The molecule has 5 nitrogen and oxygen atoms in total. The summed E-state index contributed by atoms with van der Waals surface area (Å²) in [7, 11) is 0. The first-order valence-electron chi connectivity index (χ1n) is 11.9. The lowest BCUT2D eigenvalue weighted by Gasteiger charge is -2.19. The summed E-state index contributed by atoms with van der Waals surface area (Å²) in [5.41, 5.74) is 3.33. The number of benzene rings is 3. The lowest BCUT2D eigenvalue weighted by Crippen LogP contribution is -2.10. The molecule has 0 aliphatic rings. The summed E-state index contributed by atoms with van der Waals surface area (Å²) < 4.78 is 16.8. The molecule has 0 spiro atoms. The van der Waals surface area contributed by atoms with Gasteiger partial charge in [0, 0.05) is 12.1 Å². The monoisotopic (exact) mass is 482 g/mol. The van der Waals surface area contributed by atoms with E-state index in [0.717, 1.165) is 5.56 Å². The van der Waals surface area contributed by atoms with E-state index in [4.69, 9.17) is 13.9 Å². The van der Waals surface area contributed by atoms with Crippen LogP contribution in [0.15, 0.2) is 88.3 Å². The van der Waals surface area contributed by atoms with Crippen molar-refractivity contribution in [1.82, 2.24) is 0 Å². The van der Waals surface area contributed by atoms with E-state index < -0.39 is 5.97 Å². The van der Waals surface area contributed by atoms with Crippen LogP contribution in [0, 0.1) is 0 Å². The van der Waals surface area contributed by atoms with Crippen LogP contribution < -0.4 is 14.9 Å². The second-order valence-corrected chi connectivity index (χ2v) is 10.0. The Bertz CT molecular complexity index is 1450. The van der Waals surface area contributed by atoms with Crippen molar-refractivity contribution in [3.8, 4) is 17.2 Å². The van der Waals surface area contributed by atoms with Crippen molar-refractivity contribution in [3.05, 3.63) is 106 Å². The van der Waals surface area contributed by atoms with Crippen molar-refractivity contribution in [2.45, 2.75) is 46.0 Å². The standard InChI is InChI=1S/C31H30O5/c1-20(2)22-9-6-21(7-10-22)8-17-29(32)36-25-15-16-26-27(18-25)34-19-28(30(26)33)35-24-13-11-23(12-14-24)31(3,4)5/h6-20H,1-5H3. The first-order valence-corrected chi connectivity index (χ1v) is 11.9. The number of ether oxygens (including phenoxy) is 2. The largest absolute Gasteiger partial charge is 0.460 e. The zero-order valence-electron chi connectivity index (χ0n) is 21.2. The van der Waals surface area contributed by atoms with Gasteiger partial charge in [0.05, 0.1) is 5.39 Å². The van der Waals surface area contributed by atoms with Gasteiger partial charge in [0.2, 0.25) is 11.2 Å². The maximum atomic E-state index is 12.9. The van der Waals surface area contributed by atoms with Gasteiger partial charge in [-0.15, -0.1) is 0 Å². The number of carbonyl (C=O) groups excluding carboxylic acids is 1. The minimum absolute atomic E-state index is 0.0243. The Balaban J connectivity index is 1.45. The first-order chi connectivity index (χ1) is 17.1. The molecule has 0 amide bonds. The number of fused-ring (bicyclic) bond motifs is 1. The maximum absolute atomic E-state index is 12.9. The van der Waals surface area contributed by atoms with Gasteiger partial charge in [-0.3, -0.25) is 4.79 Å². The van der Waals surface area contributed by atoms with Crippen LogP contribution in [0.5, 0.6) is 17.2 Å². The van der Waals surface area contributed by atoms with E-state index in [0.29, 0.717) is 22.6 Å². The lowest BCUT2D eigenvalue weighted by atomic mass is 9.87. The summed E-state index contributed by atoms with van der Waals surface area (Å²) in [6.45, 7) is 10.7. The molecule has 0 aliphatic heterocycles. The quantitative estimate of drug-likeness (QED) is 0.161. The highest BCUT2D eigenvalue weighted by molar-refractivity contribution is 5.89. The number of hydrogen-bond acceptors (Lipinski definition) is 5. The van der Waals surface area contributed by atoms with E-state index in [9.17, 15) is 9.59 Å². The molecule has 4 aromatic rings. The topological polar surface area (TPSA) is 65.7 Å². The van der Waals surface area contributed by atoms with Gasteiger partial charge in [-0.05, 0) is 58.4 Å². The van der Waals surface area contributed by atoms with Crippen LogP contribution >= 0.6 is 0 Å². The molecule has 5 heteroatoms. The Morgan fingerprint density at radius 3 is 2.22 bits per heavy atom. The summed E-state index contributed by atoms with van der Waals surface area (Å²) in [6, 6.07) is 20.3. The van der Waals surface area contributed by atoms with Crippen molar-refractivity contribution < 1.29 is 18.7 Å². The molecule has 1 aromatic heterocycles. The summed E-state index contributed by atoms with van der Waals surface area (Å²) in [6.07, 6.45) is 4.34. The fraction of sp³-hybridized carbons (Fsp3) is 0.226. The minimum atomic E-state index is -0.525. The molecule has 0 unspecified atom stereocenters. The van der Waals surface area contributed by atoms with Gasteiger partial charge in [0.15, 0.2) is 0 Å². The van der Waals surface area contributed by atoms with Crippen molar-refractivity contribution in [1.29, 1.82) is 0 Å².